The first kappa shape index (κ1) is 11.7. The lowest BCUT2D eigenvalue weighted by Crippen LogP contribution is -1.97. The molecule has 0 aliphatic heterocycles. The van der Waals surface area contributed by atoms with Crippen molar-refractivity contribution in [2.24, 2.45) is 0 Å². The minimum absolute atomic E-state index is 0.181. The van der Waals surface area contributed by atoms with Gasteiger partial charge in [-0.25, -0.2) is 0 Å². The quantitative estimate of drug-likeness (QED) is 0.863. The summed E-state index contributed by atoms with van der Waals surface area (Å²) in [5.41, 5.74) is 2.22. The molecule has 0 aliphatic rings. The average molecular weight is 322 g/mol. The molecule has 0 unspecified atom stereocenters. The maximum atomic E-state index is 10.4. The second-order valence-electron chi connectivity index (χ2n) is 2.95. The Morgan fingerprint density at radius 2 is 2.14 bits per heavy atom. The van der Waals surface area contributed by atoms with Gasteiger partial charge in [0.25, 0.3) is 0 Å². The van der Waals surface area contributed by atoms with Crippen molar-refractivity contribution in [3.05, 3.63) is 33.8 Å². The Hall–Kier alpha value is -0.350. The summed E-state index contributed by atoms with van der Waals surface area (Å²) >= 11 is 6.81. The number of hydrogen-bond donors (Lipinski definition) is 1. The van der Waals surface area contributed by atoms with Crippen LogP contribution < -0.4 is 0 Å². The van der Waals surface area contributed by atoms with E-state index >= 15 is 0 Å². The second kappa shape index (κ2) is 5.51. The summed E-state index contributed by atoms with van der Waals surface area (Å²) < 4.78 is 1.03. The fourth-order valence-electron chi connectivity index (χ4n) is 1.11. The van der Waals surface area contributed by atoms with Crippen molar-refractivity contribution < 1.29 is 9.90 Å². The minimum atomic E-state index is -0.759. The number of carbonyl (C=O) groups is 1. The van der Waals surface area contributed by atoms with Gasteiger partial charge in [-0.15, -0.1) is 0 Å². The van der Waals surface area contributed by atoms with Gasteiger partial charge in [-0.05, 0) is 23.6 Å². The first-order valence-electron chi connectivity index (χ1n) is 4.18. The third-order valence-electron chi connectivity index (χ3n) is 1.89. The molecule has 0 radical (unpaired) electrons. The van der Waals surface area contributed by atoms with Crippen LogP contribution in [0.3, 0.4) is 0 Å². The monoisotopic (exact) mass is 320 g/mol. The molecule has 14 heavy (non-hydrogen) atoms. The van der Waals surface area contributed by atoms with Crippen LogP contribution in [0, 0.1) is 0 Å². The van der Waals surface area contributed by atoms with E-state index in [9.17, 15) is 4.79 Å². The molecule has 76 valence electrons. The first-order chi connectivity index (χ1) is 6.63. The molecule has 0 aliphatic carbocycles. The fourth-order valence-corrected chi connectivity index (χ4v) is 2.54. The lowest BCUT2D eigenvalue weighted by Gasteiger charge is -2.03. The Morgan fingerprint density at radius 3 is 2.64 bits per heavy atom. The smallest absolute Gasteiger partial charge is 0.303 e. The van der Waals surface area contributed by atoms with Gasteiger partial charge in [0, 0.05) is 16.2 Å². The van der Waals surface area contributed by atoms with Crippen LogP contribution in [-0.4, -0.2) is 11.1 Å². The maximum Gasteiger partial charge on any atom is 0.303 e. The van der Waals surface area contributed by atoms with Gasteiger partial charge in [-0.3, -0.25) is 4.79 Å². The molecule has 0 saturated heterocycles. The zero-order valence-corrected chi connectivity index (χ0v) is 10.6. The van der Waals surface area contributed by atoms with E-state index in [0.29, 0.717) is 6.42 Å². The highest BCUT2D eigenvalue weighted by Crippen LogP contribution is 2.21. The van der Waals surface area contributed by atoms with E-state index in [1.165, 1.54) is 5.56 Å². The van der Waals surface area contributed by atoms with Crippen molar-refractivity contribution in [1.29, 1.82) is 0 Å². The predicted molar refractivity (Wildman–Crippen MR) is 62.7 cm³/mol. The molecule has 0 fully saturated rings. The van der Waals surface area contributed by atoms with Crippen LogP contribution in [0.2, 0.25) is 0 Å². The number of hydrogen-bond acceptors (Lipinski definition) is 1. The van der Waals surface area contributed by atoms with Crippen molar-refractivity contribution in [2.45, 2.75) is 18.2 Å². The molecule has 0 aromatic heterocycles. The highest BCUT2D eigenvalue weighted by atomic mass is 79.9. The zero-order chi connectivity index (χ0) is 10.6. The lowest BCUT2D eigenvalue weighted by molar-refractivity contribution is -0.136. The minimum Gasteiger partial charge on any atom is -0.481 e. The van der Waals surface area contributed by atoms with E-state index in [1.54, 1.807) is 0 Å². The molecule has 0 spiro atoms. The lowest BCUT2D eigenvalue weighted by atomic mass is 10.1. The summed E-state index contributed by atoms with van der Waals surface area (Å²) in [5.74, 6) is -0.759. The van der Waals surface area contributed by atoms with Crippen LogP contribution in [0.4, 0.5) is 0 Å². The molecular weight excluding hydrogens is 312 g/mol. The van der Waals surface area contributed by atoms with E-state index in [1.807, 2.05) is 18.2 Å². The second-order valence-corrected chi connectivity index (χ2v) is 4.37. The van der Waals surface area contributed by atoms with Crippen molar-refractivity contribution in [3.8, 4) is 0 Å². The molecule has 1 rings (SSSR count). The van der Waals surface area contributed by atoms with Crippen LogP contribution in [0.5, 0.6) is 0 Å². The summed E-state index contributed by atoms with van der Waals surface area (Å²) in [6.07, 6.45) is 0.761. The molecule has 0 amide bonds. The molecule has 0 atom stereocenters. The average Bonchev–Trinajstić information content (AvgIpc) is 2.15. The largest absolute Gasteiger partial charge is 0.481 e. The molecule has 4 heteroatoms. The first-order valence-corrected chi connectivity index (χ1v) is 6.10. The van der Waals surface area contributed by atoms with Crippen molar-refractivity contribution in [3.63, 3.8) is 0 Å². The van der Waals surface area contributed by atoms with Crippen molar-refractivity contribution in [1.82, 2.24) is 0 Å². The fraction of sp³-hybridized carbons (Fsp3) is 0.300. The summed E-state index contributed by atoms with van der Waals surface area (Å²) in [4.78, 5) is 10.4. The molecular formula is C10H10Br2O2. The van der Waals surface area contributed by atoms with Crippen LogP contribution in [0.15, 0.2) is 22.7 Å². The van der Waals surface area contributed by atoms with E-state index < -0.39 is 5.97 Å². The summed E-state index contributed by atoms with van der Waals surface area (Å²) in [7, 11) is 0. The van der Waals surface area contributed by atoms with Crippen molar-refractivity contribution >= 4 is 37.8 Å². The molecule has 2 nitrogen and oxygen atoms in total. The van der Waals surface area contributed by atoms with Gasteiger partial charge in [-0.2, -0.15) is 0 Å². The highest BCUT2D eigenvalue weighted by molar-refractivity contribution is 9.10. The Morgan fingerprint density at radius 1 is 1.43 bits per heavy atom. The molecule has 1 aromatic rings. The highest BCUT2D eigenvalue weighted by Gasteiger charge is 2.02. The number of benzene rings is 1. The summed E-state index contributed by atoms with van der Waals surface area (Å²) in [6, 6.07) is 5.93. The van der Waals surface area contributed by atoms with E-state index in [-0.39, 0.29) is 6.42 Å². The number of carboxylic acids is 1. The van der Waals surface area contributed by atoms with Gasteiger partial charge < -0.3 is 5.11 Å². The van der Waals surface area contributed by atoms with E-state index in [2.05, 4.69) is 31.9 Å². The SMILES string of the molecule is O=C(O)CCc1ccc(CBr)c(Br)c1. The standard InChI is InChI=1S/C10H10Br2O2/c11-6-8-3-1-7(5-9(8)12)2-4-10(13)14/h1,3,5H,2,4,6H2,(H,13,14). The van der Waals surface area contributed by atoms with Crippen LogP contribution in [0.25, 0.3) is 0 Å². The van der Waals surface area contributed by atoms with Crippen LogP contribution in [-0.2, 0) is 16.5 Å². The number of halogens is 2. The topological polar surface area (TPSA) is 37.3 Å². The van der Waals surface area contributed by atoms with Gasteiger partial charge >= 0.3 is 5.97 Å². The molecule has 1 aromatic carbocycles. The van der Waals surface area contributed by atoms with Gasteiger partial charge in [0.2, 0.25) is 0 Å². The summed E-state index contributed by atoms with van der Waals surface area (Å²) in [6.45, 7) is 0. The molecule has 1 N–H and O–H groups in total. The number of aryl methyl sites for hydroxylation is 1. The normalized spacial score (nSPS) is 10.1. The van der Waals surface area contributed by atoms with E-state index in [4.69, 9.17) is 5.11 Å². The number of alkyl halides is 1. The summed E-state index contributed by atoms with van der Waals surface area (Å²) in [5, 5.41) is 9.32. The molecule has 0 heterocycles. The van der Waals surface area contributed by atoms with Crippen LogP contribution in [0.1, 0.15) is 17.5 Å². The Balaban J connectivity index is 2.71. The van der Waals surface area contributed by atoms with E-state index in [0.717, 1.165) is 15.4 Å². The Kier molecular flexibility index (Phi) is 4.62. The van der Waals surface area contributed by atoms with Gasteiger partial charge in [0.15, 0.2) is 0 Å². The van der Waals surface area contributed by atoms with Crippen molar-refractivity contribution in [2.75, 3.05) is 0 Å². The third kappa shape index (κ3) is 3.42. The van der Waals surface area contributed by atoms with Gasteiger partial charge in [0.1, 0.15) is 0 Å². The van der Waals surface area contributed by atoms with Gasteiger partial charge in [0.05, 0.1) is 0 Å². The number of aliphatic carboxylic acids is 1. The Bertz CT molecular complexity index is 337. The zero-order valence-electron chi connectivity index (χ0n) is 7.46. The third-order valence-corrected chi connectivity index (χ3v) is 3.23. The number of rotatable bonds is 4. The van der Waals surface area contributed by atoms with Crippen LogP contribution >= 0.6 is 31.9 Å². The molecule has 0 saturated carbocycles. The Labute approximate surface area is 99.6 Å². The molecule has 0 bridgehead atoms. The number of carboxylic acid groups (broad SMARTS) is 1. The predicted octanol–water partition coefficient (Wildman–Crippen LogP) is 3.36. The maximum absolute atomic E-state index is 10.4. The van der Waals surface area contributed by atoms with Gasteiger partial charge in [-0.1, -0.05) is 44.0 Å².